The molecule has 0 saturated heterocycles. The minimum Gasteiger partial charge on any atom is -0.330 e. The van der Waals surface area contributed by atoms with Gasteiger partial charge in [0, 0.05) is 16.1 Å². The molecule has 104 valence electrons. The number of nitrogens with one attached hydrogen (secondary N) is 1. The maximum absolute atomic E-state index is 12.3. The summed E-state index contributed by atoms with van der Waals surface area (Å²) in [5, 5.41) is 3.04. The zero-order chi connectivity index (χ0) is 14.0. The van der Waals surface area contributed by atoms with Gasteiger partial charge in [-0.15, -0.1) is 0 Å². The Morgan fingerprint density at radius 1 is 1.37 bits per heavy atom. The number of benzene rings is 1. The van der Waals surface area contributed by atoms with E-state index in [-0.39, 0.29) is 11.8 Å². The monoisotopic (exact) mass is 324 g/mol. The fourth-order valence-electron chi connectivity index (χ4n) is 2.92. The number of carbonyl (C=O) groups is 1. The van der Waals surface area contributed by atoms with Gasteiger partial charge in [0.2, 0.25) is 5.91 Å². The van der Waals surface area contributed by atoms with Crippen molar-refractivity contribution in [1.29, 1.82) is 0 Å². The van der Waals surface area contributed by atoms with Gasteiger partial charge in [0.1, 0.15) is 0 Å². The van der Waals surface area contributed by atoms with Crippen molar-refractivity contribution < 1.29 is 4.79 Å². The minimum absolute atomic E-state index is 0.0780. The highest BCUT2D eigenvalue weighted by atomic mass is 79.9. The lowest BCUT2D eigenvalue weighted by molar-refractivity contribution is -0.120. The first-order valence-electron chi connectivity index (χ1n) is 6.80. The molecule has 0 radical (unpaired) electrons. The summed E-state index contributed by atoms with van der Waals surface area (Å²) in [6.07, 6.45) is 3.15. The lowest BCUT2D eigenvalue weighted by Crippen LogP contribution is -2.29. The summed E-state index contributed by atoms with van der Waals surface area (Å²) in [4.78, 5) is 12.3. The lowest BCUT2D eigenvalue weighted by Gasteiger charge is -2.18. The third-order valence-corrected chi connectivity index (χ3v) is 5.25. The van der Waals surface area contributed by atoms with Crippen LogP contribution in [0.2, 0.25) is 0 Å². The number of nitrogens with two attached hydrogens (primary N) is 1. The molecule has 0 heterocycles. The van der Waals surface area contributed by atoms with Crippen molar-refractivity contribution in [2.45, 2.75) is 33.1 Å². The summed E-state index contributed by atoms with van der Waals surface area (Å²) < 4.78 is 1.10. The van der Waals surface area contributed by atoms with Crippen LogP contribution < -0.4 is 11.1 Å². The van der Waals surface area contributed by atoms with Gasteiger partial charge in [-0.2, -0.15) is 0 Å². The number of carbonyl (C=O) groups excluding carboxylic acids is 1. The number of hydrogen-bond acceptors (Lipinski definition) is 2. The van der Waals surface area contributed by atoms with Crippen LogP contribution in [0.3, 0.4) is 0 Å². The normalized spacial score (nSPS) is 22.5. The van der Waals surface area contributed by atoms with Crippen LogP contribution in [0.5, 0.6) is 0 Å². The van der Waals surface area contributed by atoms with E-state index < -0.39 is 0 Å². The molecule has 0 bridgehead atoms. The maximum atomic E-state index is 12.3. The van der Waals surface area contributed by atoms with Crippen LogP contribution in [0, 0.1) is 25.7 Å². The van der Waals surface area contributed by atoms with E-state index in [1.165, 1.54) is 0 Å². The molecular formula is C15H21BrN2O. The van der Waals surface area contributed by atoms with Gasteiger partial charge >= 0.3 is 0 Å². The van der Waals surface area contributed by atoms with Gasteiger partial charge in [-0.25, -0.2) is 0 Å². The number of hydrogen-bond donors (Lipinski definition) is 2. The number of aryl methyl sites for hydroxylation is 2. The van der Waals surface area contributed by atoms with Gasteiger partial charge in [-0.1, -0.05) is 22.4 Å². The molecule has 1 aliphatic carbocycles. The van der Waals surface area contributed by atoms with Crippen molar-refractivity contribution in [1.82, 2.24) is 0 Å². The molecule has 1 aliphatic rings. The number of halogens is 1. The standard InChI is InChI=1S/C15H21BrN2O/c1-9-6-12(7-10(2)14(9)16)18-15(19)13-5-3-4-11(13)8-17/h6-7,11,13H,3-5,8,17H2,1-2H3,(H,18,19). The Hall–Kier alpha value is -0.870. The molecule has 0 aromatic heterocycles. The van der Waals surface area contributed by atoms with Crippen molar-refractivity contribution in [3.05, 3.63) is 27.7 Å². The van der Waals surface area contributed by atoms with Crippen LogP contribution in [0.15, 0.2) is 16.6 Å². The highest BCUT2D eigenvalue weighted by Gasteiger charge is 2.31. The maximum Gasteiger partial charge on any atom is 0.227 e. The second-order valence-corrected chi connectivity index (χ2v) is 6.24. The van der Waals surface area contributed by atoms with Gasteiger partial charge in [0.05, 0.1) is 0 Å². The zero-order valence-electron chi connectivity index (χ0n) is 11.5. The predicted molar refractivity (Wildman–Crippen MR) is 82.1 cm³/mol. The largest absolute Gasteiger partial charge is 0.330 e. The van der Waals surface area contributed by atoms with E-state index in [2.05, 4.69) is 21.2 Å². The number of rotatable bonds is 3. The van der Waals surface area contributed by atoms with E-state index in [1.54, 1.807) is 0 Å². The van der Waals surface area contributed by atoms with E-state index in [0.29, 0.717) is 12.5 Å². The smallest absolute Gasteiger partial charge is 0.227 e. The van der Waals surface area contributed by atoms with Crippen LogP contribution in [-0.4, -0.2) is 12.5 Å². The Balaban J connectivity index is 2.11. The van der Waals surface area contributed by atoms with Gasteiger partial charge < -0.3 is 11.1 Å². The molecule has 3 nitrogen and oxygen atoms in total. The molecule has 19 heavy (non-hydrogen) atoms. The average Bonchev–Trinajstić information content (AvgIpc) is 2.84. The highest BCUT2D eigenvalue weighted by Crippen LogP contribution is 2.32. The summed E-state index contributed by atoms with van der Waals surface area (Å²) in [7, 11) is 0. The summed E-state index contributed by atoms with van der Waals surface area (Å²) >= 11 is 3.54. The van der Waals surface area contributed by atoms with Gasteiger partial charge in [0.15, 0.2) is 0 Å². The molecule has 1 saturated carbocycles. The molecule has 2 unspecified atom stereocenters. The van der Waals surface area contributed by atoms with Crippen LogP contribution >= 0.6 is 15.9 Å². The third-order valence-electron chi connectivity index (χ3n) is 4.00. The topological polar surface area (TPSA) is 55.1 Å². The van der Waals surface area contributed by atoms with Crippen LogP contribution in [0.1, 0.15) is 30.4 Å². The van der Waals surface area contributed by atoms with Gasteiger partial charge in [-0.05, 0) is 62.4 Å². The van der Waals surface area contributed by atoms with Gasteiger partial charge in [0.25, 0.3) is 0 Å². The Morgan fingerprint density at radius 2 is 2.00 bits per heavy atom. The van der Waals surface area contributed by atoms with E-state index in [9.17, 15) is 4.79 Å². The van der Waals surface area contributed by atoms with Crippen LogP contribution in [0.4, 0.5) is 5.69 Å². The first-order valence-corrected chi connectivity index (χ1v) is 7.60. The lowest BCUT2D eigenvalue weighted by atomic mass is 9.95. The fraction of sp³-hybridized carbons (Fsp3) is 0.533. The quantitative estimate of drug-likeness (QED) is 0.895. The van der Waals surface area contributed by atoms with Crippen molar-refractivity contribution >= 4 is 27.5 Å². The zero-order valence-corrected chi connectivity index (χ0v) is 13.1. The molecule has 4 heteroatoms. The third kappa shape index (κ3) is 3.18. The first-order chi connectivity index (χ1) is 9.02. The Kier molecular flexibility index (Phi) is 4.63. The van der Waals surface area contributed by atoms with Crippen molar-refractivity contribution in [3.8, 4) is 0 Å². The van der Waals surface area contributed by atoms with Crippen molar-refractivity contribution in [3.63, 3.8) is 0 Å². The minimum atomic E-state index is 0.0780. The molecule has 1 amide bonds. The number of anilines is 1. The molecular weight excluding hydrogens is 304 g/mol. The molecule has 2 atom stereocenters. The highest BCUT2D eigenvalue weighted by molar-refractivity contribution is 9.10. The van der Waals surface area contributed by atoms with Crippen LogP contribution in [-0.2, 0) is 4.79 Å². The summed E-state index contributed by atoms with van der Waals surface area (Å²) in [6.45, 7) is 4.67. The SMILES string of the molecule is Cc1cc(NC(=O)C2CCCC2CN)cc(C)c1Br. The molecule has 0 spiro atoms. The second kappa shape index (κ2) is 6.06. The van der Waals surface area contributed by atoms with Crippen molar-refractivity contribution in [2.75, 3.05) is 11.9 Å². The Morgan fingerprint density at radius 3 is 2.58 bits per heavy atom. The Bertz CT molecular complexity index is 464. The predicted octanol–water partition coefficient (Wildman–Crippen LogP) is 3.38. The first kappa shape index (κ1) is 14.5. The second-order valence-electron chi connectivity index (χ2n) is 5.45. The molecule has 2 rings (SSSR count). The summed E-state index contributed by atoms with van der Waals surface area (Å²) in [6, 6.07) is 4.00. The molecule has 1 aromatic carbocycles. The molecule has 1 aromatic rings. The van der Waals surface area contributed by atoms with Gasteiger partial charge in [-0.3, -0.25) is 4.79 Å². The van der Waals surface area contributed by atoms with E-state index in [4.69, 9.17) is 5.73 Å². The van der Waals surface area contributed by atoms with E-state index in [1.807, 2.05) is 26.0 Å². The molecule has 1 fully saturated rings. The average molecular weight is 325 g/mol. The fourth-order valence-corrected chi connectivity index (χ4v) is 3.15. The number of amides is 1. The summed E-state index contributed by atoms with van der Waals surface area (Å²) in [5.74, 6) is 0.543. The van der Waals surface area contributed by atoms with E-state index in [0.717, 1.165) is 40.5 Å². The molecule has 0 aliphatic heterocycles. The summed E-state index contributed by atoms with van der Waals surface area (Å²) in [5.41, 5.74) is 8.89. The van der Waals surface area contributed by atoms with Crippen molar-refractivity contribution in [2.24, 2.45) is 17.6 Å². The molecule has 3 N–H and O–H groups in total. The van der Waals surface area contributed by atoms with Crippen LogP contribution in [0.25, 0.3) is 0 Å². The Labute approximate surface area is 123 Å². The van der Waals surface area contributed by atoms with E-state index >= 15 is 0 Å².